The summed E-state index contributed by atoms with van der Waals surface area (Å²) in [6.45, 7) is 1.83. The molecule has 0 spiro atoms. The smallest absolute Gasteiger partial charge is 0.227 e. The summed E-state index contributed by atoms with van der Waals surface area (Å²) in [5, 5.41) is 3.56. The Morgan fingerprint density at radius 3 is 2.68 bits per heavy atom. The monoisotopic (exact) mass is 477 g/mol. The van der Waals surface area contributed by atoms with E-state index in [2.05, 4.69) is 37.2 Å². The molecule has 1 atom stereocenters. The minimum absolute atomic E-state index is 0.0686. The molecule has 3 aliphatic rings. The van der Waals surface area contributed by atoms with E-state index in [1.54, 1.807) is 12.4 Å². The molecule has 10 nitrogen and oxygen atoms in total. The lowest BCUT2D eigenvalue weighted by Gasteiger charge is -2.42. The van der Waals surface area contributed by atoms with Crippen LogP contribution in [0.4, 0.5) is 11.8 Å². The van der Waals surface area contributed by atoms with Gasteiger partial charge in [-0.2, -0.15) is 4.98 Å². The van der Waals surface area contributed by atoms with Crippen molar-refractivity contribution in [2.75, 3.05) is 35.6 Å². The van der Waals surface area contributed by atoms with E-state index in [1.165, 1.54) is 0 Å². The van der Waals surface area contributed by atoms with Crippen LogP contribution < -0.4 is 21.7 Å². The quantitative estimate of drug-likeness (QED) is 0.312. The number of fused-ring (bicyclic) bond motifs is 1. The van der Waals surface area contributed by atoms with Gasteiger partial charge in [-0.05, 0) is 31.3 Å². The van der Waals surface area contributed by atoms with Crippen molar-refractivity contribution in [1.82, 2.24) is 19.9 Å². The molecular weight excluding hydrogens is 450 g/mol. The van der Waals surface area contributed by atoms with Crippen LogP contribution in [0.1, 0.15) is 42.8 Å². The lowest BCUT2D eigenvalue weighted by atomic mass is 9.76. The van der Waals surface area contributed by atoms with Crippen LogP contribution in [0.2, 0.25) is 0 Å². The van der Waals surface area contributed by atoms with Gasteiger partial charge in [0.2, 0.25) is 5.95 Å². The Balaban J connectivity index is 1.40. The highest BCUT2D eigenvalue weighted by Gasteiger charge is 2.39. The summed E-state index contributed by atoms with van der Waals surface area (Å²) in [5.41, 5.74) is 13.5. The average Bonchev–Trinajstić information content (AvgIpc) is 3.21. The van der Waals surface area contributed by atoms with Gasteiger partial charge in [0, 0.05) is 37.7 Å². The molecule has 2 aromatic heterocycles. The van der Waals surface area contributed by atoms with Gasteiger partial charge >= 0.3 is 0 Å². The number of hydrogen-bond acceptors (Lipinski definition) is 8. The van der Waals surface area contributed by atoms with Gasteiger partial charge in [-0.25, -0.2) is 15.0 Å². The van der Waals surface area contributed by atoms with Crippen molar-refractivity contribution < 1.29 is 4.21 Å². The zero-order valence-corrected chi connectivity index (χ0v) is 19.6. The first-order valence-electron chi connectivity index (χ1n) is 11.3. The average molecular weight is 478 g/mol. The van der Waals surface area contributed by atoms with Gasteiger partial charge in [-0.3, -0.25) is 9.20 Å². The molecule has 176 valence electrons. The fraction of sp³-hybridized carbons (Fsp3) is 0.435. The number of guanidine groups is 1. The first-order valence-corrected chi connectivity index (χ1v) is 12.6. The molecule has 1 aliphatic carbocycles. The van der Waals surface area contributed by atoms with E-state index in [9.17, 15) is 4.21 Å². The number of aromatic nitrogens is 4. The largest absolute Gasteiger partial charge is 0.370 e. The molecule has 2 aliphatic heterocycles. The van der Waals surface area contributed by atoms with E-state index in [0.717, 1.165) is 48.4 Å². The first kappa shape index (κ1) is 22.3. The molecule has 1 fully saturated rings. The standard InChI is InChI=1S/C23H27N9OS/c1-2-15-12-26-19(27-13-15)16-4-9-32(10-5-16)22-29-17-6-11-34(33)18(17)20(30-22)31-23(7-3-8-23)14-28-21(24)25/h1,4,12-13H,3,5-11,14H2,(H4,24,25,28)(H,29,30,31). The number of rotatable bonds is 6. The maximum atomic E-state index is 12.8. The highest BCUT2D eigenvalue weighted by molar-refractivity contribution is 7.85. The highest BCUT2D eigenvalue weighted by Crippen LogP contribution is 2.39. The molecule has 0 radical (unpaired) electrons. The molecule has 2 aromatic rings. The Hall–Kier alpha value is -3.52. The topological polar surface area (TPSA) is 148 Å². The summed E-state index contributed by atoms with van der Waals surface area (Å²) >= 11 is 0. The molecule has 1 unspecified atom stereocenters. The van der Waals surface area contributed by atoms with Crippen LogP contribution in [-0.2, 0) is 17.2 Å². The van der Waals surface area contributed by atoms with Crippen LogP contribution >= 0.6 is 0 Å². The summed E-state index contributed by atoms with van der Waals surface area (Å²) in [6.07, 6.45) is 15.2. The maximum absolute atomic E-state index is 12.8. The molecule has 5 N–H and O–H groups in total. The van der Waals surface area contributed by atoms with Crippen molar-refractivity contribution in [2.24, 2.45) is 16.5 Å². The zero-order valence-electron chi connectivity index (χ0n) is 18.8. The molecule has 34 heavy (non-hydrogen) atoms. The number of hydrogen-bond donors (Lipinski definition) is 3. The Labute approximate surface area is 200 Å². The molecule has 5 rings (SSSR count). The summed E-state index contributed by atoms with van der Waals surface area (Å²) in [5.74, 6) is 5.14. The first-order chi connectivity index (χ1) is 16.5. The SMILES string of the molecule is C#Cc1cnc(C2=CCN(c3nc4c(c(NC5(CN=C(N)N)CCC5)n3)S(=O)CC4)CC2)nc1. The predicted molar refractivity (Wildman–Crippen MR) is 133 cm³/mol. The van der Waals surface area contributed by atoms with Crippen LogP contribution in [0.3, 0.4) is 0 Å². The van der Waals surface area contributed by atoms with Gasteiger partial charge in [-0.1, -0.05) is 12.0 Å². The van der Waals surface area contributed by atoms with Crippen LogP contribution in [0.15, 0.2) is 28.4 Å². The maximum Gasteiger partial charge on any atom is 0.227 e. The Morgan fingerprint density at radius 1 is 1.26 bits per heavy atom. The van der Waals surface area contributed by atoms with Crippen molar-refractivity contribution in [1.29, 1.82) is 0 Å². The third kappa shape index (κ3) is 4.33. The molecule has 0 aromatic carbocycles. The van der Waals surface area contributed by atoms with Crippen molar-refractivity contribution >= 4 is 34.1 Å². The normalized spacial score (nSPS) is 20.5. The van der Waals surface area contributed by atoms with Crippen molar-refractivity contribution in [3.05, 3.63) is 35.6 Å². The number of anilines is 2. The zero-order chi connectivity index (χ0) is 23.7. The summed E-state index contributed by atoms with van der Waals surface area (Å²) in [7, 11) is -1.12. The highest BCUT2D eigenvalue weighted by atomic mass is 32.2. The second kappa shape index (κ2) is 9.02. The molecule has 1 saturated carbocycles. The number of nitrogens with one attached hydrogen (secondary N) is 1. The Kier molecular flexibility index (Phi) is 5.91. The van der Waals surface area contributed by atoms with E-state index < -0.39 is 10.8 Å². The van der Waals surface area contributed by atoms with Gasteiger partial charge in [0.1, 0.15) is 10.7 Å². The molecule has 0 amide bonds. The summed E-state index contributed by atoms with van der Waals surface area (Å²) in [6, 6.07) is 0. The van der Waals surface area contributed by atoms with Gasteiger partial charge in [0.15, 0.2) is 11.8 Å². The lowest BCUT2D eigenvalue weighted by Crippen LogP contribution is -2.49. The van der Waals surface area contributed by atoms with E-state index in [-0.39, 0.29) is 11.5 Å². The fourth-order valence-corrected chi connectivity index (χ4v) is 5.76. The van der Waals surface area contributed by atoms with Crippen molar-refractivity contribution in [2.45, 2.75) is 42.5 Å². The molecular formula is C23H27N9OS. The third-order valence-electron chi connectivity index (χ3n) is 6.53. The molecule has 0 bridgehead atoms. The van der Waals surface area contributed by atoms with E-state index >= 15 is 0 Å². The van der Waals surface area contributed by atoms with Crippen molar-refractivity contribution in [3.63, 3.8) is 0 Å². The van der Waals surface area contributed by atoms with Crippen LogP contribution in [0.25, 0.3) is 5.57 Å². The number of aryl methyl sites for hydroxylation is 1. The molecule has 11 heteroatoms. The predicted octanol–water partition coefficient (Wildman–Crippen LogP) is 0.813. The molecule has 0 saturated heterocycles. The number of aliphatic imine (C=N–C) groups is 1. The lowest BCUT2D eigenvalue weighted by molar-refractivity contribution is 0.286. The minimum Gasteiger partial charge on any atom is -0.370 e. The fourth-order valence-electron chi connectivity index (χ4n) is 4.45. The second-order valence-corrected chi connectivity index (χ2v) is 10.3. The van der Waals surface area contributed by atoms with Gasteiger partial charge < -0.3 is 21.7 Å². The summed E-state index contributed by atoms with van der Waals surface area (Å²) in [4.78, 5) is 25.5. The molecule has 4 heterocycles. The van der Waals surface area contributed by atoms with Gasteiger partial charge in [0.05, 0.1) is 34.1 Å². The minimum atomic E-state index is -1.12. The van der Waals surface area contributed by atoms with E-state index in [1.807, 2.05) is 0 Å². The van der Waals surface area contributed by atoms with Gasteiger partial charge in [-0.15, -0.1) is 6.42 Å². The van der Waals surface area contributed by atoms with Crippen LogP contribution in [-0.4, -0.2) is 61.0 Å². The Morgan fingerprint density at radius 2 is 2.06 bits per heavy atom. The van der Waals surface area contributed by atoms with E-state index in [4.69, 9.17) is 27.9 Å². The van der Waals surface area contributed by atoms with Crippen molar-refractivity contribution in [3.8, 4) is 12.3 Å². The van der Waals surface area contributed by atoms with Crippen LogP contribution in [0, 0.1) is 12.3 Å². The third-order valence-corrected chi connectivity index (χ3v) is 7.99. The van der Waals surface area contributed by atoms with E-state index in [0.29, 0.717) is 48.4 Å². The number of terminal acetylenes is 1. The summed E-state index contributed by atoms with van der Waals surface area (Å²) < 4.78 is 12.8. The number of nitrogens with two attached hydrogens (primary N) is 2. The van der Waals surface area contributed by atoms with Gasteiger partial charge in [0.25, 0.3) is 0 Å². The van der Waals surface area contributed by atoms with Crippen LogP contribution in [0.5, 0.6) is 0 Å². The second-order valence-electron chi connectivity index (χ2n) is 8.81. The number of nitrogens with zero attached hydrogens (tertiary/aromatic N) is 6. The Bertz CT molecular complexity index is 1220.